The van der Waals surface area contributed by atoms with E-state index in [1.165, 1.54) is 18.2 Å². The van der Waals surface area contributed by atoms with E-state index in [1.54, 1.807) is 0 Å². The van der Waals surface area contributed by atoms with Gasteiger partial charge in [0.15, 0.2) is 11.5 Å². The van der Waals surface area contributed by atoms with E-state index in [9.17, 15) is 18.0 Å². The molecule has 4 nitrogen and oxygen atoms in total. The fourth-order valence-corrected chi connectivity index (χ4v) is 2.36. The van der Waals surface area contributed by atoms with Crippen molar-refractivity contribution < 1.29 is 27.4 Å². The third-order valence-electron chi connectivity index (χ3n) is 2.80. The molecule has 1 aliphatic heterocycles. The number of nitrogens with zero attached hydrogens (tertiary/aromatic N) is 1. The Morgan fingerprint density at radius 1 is 1.24 bits per heavy atom. The molecule has 0 fully saturated rings. The molecule has 0 aliphatic carbocycles. The molecule has 2 rings (SSSR count). The summed E-state index contributed by atoms with van der Waals surface area (Å²) in [7, 11) is 0. The van der Waals surface area contributed by atoms with Gasteiger partial charge in [0.2, 0.25) is 0 Å². The van der Waals surface area contributed by atoms with E-state index >= 15 is 0 Å². The zero-order chi connectivity index (χ0) is 15.5. The monoisotopic (exact) mass is 367 g/mol. The minimum absolute atomic E-state index is 0.0349. The molecule has 1 amide bonds. The number of amides is 1. The van der Waals surface area contributed by atoms with Gasteiger partial charge in [0.25, 0.3) is 5.91 Å². The van der Waals surface area contributed by atoms with Crippen molar-refractivity contribution in [2.45, 2.75) is 6.18 Å². The second-order valence-electron chi connectivity index (χ2n) is 4.39. The third kappa shape index (κ3) is 4.26. The molecule has 0 radical (unpaired) electrons. The predicted octanol–water partition coefficient (Wildman–Crippen LogP) is 2.86. The molecule has 0 saturated heterocycles. The molecule has 0 aromatic heterocycles. The molecule has 1 aromatic rings. The van der Waals surface area contributed by atoms with Crippen LogP contribution in [-0.2, 0) is 0 Å². The van der Waals surface area contributed by atoms with Gasteiger partial charge in [-0.1, -0.05) is 15.9 Å². The lowest BCUT2D eigenvalue weighted by molar-refractivity contribution is -0.140. The standard InChI is InChI=1S/C13H13BrF3NO3/c14-3-4-18(8-13(15,16)17)12(19)9-1-2-10-11(7-9)21-6-5-20-10/h1-2,7H,3-6,8H2. The fourth-order valence-electron chi connectivity index (χ4n) is 1.93. The van der Waals surface area contributed by atoms with E-state index < -0.39 is 18.6 Å². The molecule has 0 unspecified atom stereocenters. The van der Waals surface area contributed by atoms with Crippen LogP contribution in [0.3, 0.4) is 0 Å². The van der Waals surface area contributed by atoms with E-state index in [4.69, 9.17) is 9.47 Å². The fraction of sp³-hybridized carbons (Fsp3) is 0.462. The van der Waals surface area contributed by atoms with Crippen molar-refractivity contribution in [3.63, 3.8) is 0 Å². The highest BCUT2D eigenvalue weighted by Crippen LogP contribution is 2.31. The van der Waals surface area contributed by atoms with Crippen molar-refractivity contribution in [2.75, 3.05) is 31.6 Å². The van der Waals surface area contributed by atoms with Crippen LogP contribution < -0.4 is 9.47 Å². The van der Waals surface area contributed by atoms with E-state index in [-0.39, 0.29) is 17.4 Å². The molecule has 0 atom stereocenters. The van der Waals surface area contributed by atoms with E-state index in [2.05, 4.69) is 15.9 Å². The first-order valence-electron chi connectivity index (χ1n) is 6.22. The number of halogens is 4. The Morgan fingerprint density at radius 2 is 1.90 bits per heavy atom. The average molecular weight is 368 g/mol. The van der Waals surface area contributed by atoms with Crippen LogP contribution >= 0.6 is 15.9 Å². The maximum Gasteiger partial charge on any atom is 0.406 e. The van der Waals surface area contributed by atoms with Gasteiger partial charge in [-0.05, 0) is 18.2 Å². The highest BCUT2D eigenvalue weighted by Gasteiger charge is 2.33. The van der Waals surface area contributed by atoms with Crippen LogP contribution in [0.4, 0.5) is 13.2 Å². The summed E-state index contributed by atoms with van der Waals surface area (Å²) < 4.78 is 48.2. The van der Waals surface area contributed by atoms with Crippen LogP contribution in [0.5, 0.6) is 11.5 Å². The second kappa shape index (κ2) is 6.55. The van der Waals surface area contributed by atoms with Crippen molar-refractivity contribution in [2.24, 2.45) is 0 Å². The second-order valence-corrected chi connectivity index (χ2v) is 5.18. The lowest BCUT2D eigenvalue weighted by Gasteiger charge is -2.24. The number of rotatable bonds is 4. The average Bonchev–Trinajstić information content (AvgIpc) is 2.44. The highest BCUT2D eigenvalue weighted by atomic mass is 79.9. The molecule has 0 bridgehead atoms. The lowest BCUT2D eigenvalue weighted by atomic mass is 10.1. The minimum atomic E-state index is -4.44. The molecule has 1 aliphatic rings. The van der Waals surface area contributed by atoms with Gasteiger partial charge in [0.1, 0.15) is 19.8 Å². The third-order valence-corrected chi connectivity index (χ3v) is 3.16. The first-order chi connectivity index (χ1) is 9.90. The van der Waals surface area contributed by atoms with E-state index in [0.717, 1.165) is 4.90 Å². The zero-order valence-corrected chi connectivity index (χ0v) is 12.5. The van der Waals surface area contributed by atoms with E-state index in [1.807, 2.05) is 0 Å². The summed E-state index contributed by atoms with van der Waals surface area (Å²) in [5.74, 6) is 0.169. The summed E-state index contributed by atoms with van der Waals surface area (Å²) in [6, 6.07) is 4.38. The van der Waals surface area contributed by atoms with Crippen molar-refractivity contribution in [3.05, 3.63) is 23.8 Å². The minimum Gasteiger partial charge on any atom is -0.486 e. The van der Waals surface area contributed by atoms with Gasteiger partial charge in [-0.2, -0.15) is 13.2 Å². The Bertz CT molecular complexity index is 522. The number of benzene rings is 1. The normalized spacial score (nSPS) is 13.9. The first kappa shape index (κ1) is 15.9. The van der Waals surface area contributed by atoms with Gasteiger partial charge in [0, 0.05) is 17.4 Å². The number of carbonyl (C=O) groups is 1. The van der Waals surface area contributed by atoms with E-state index in [0.29, 0.717) is 24.7 Å². The molecule has 21 heavy (non-hydrogen) atoms. The largest absolute Gasteiger partial charge is 0.486 e. The Labute approximate surface area is 127 Å². The van der Waals surface area contributed by atoms with Gasteiger partial charge < -0.3 is 14.4 Å². The van der Waals surface area contributed by atoms with Gasteiger partial charge in [-0.3, -0.25) is 4.79 Å². The molecular weight excluding hydrogens is 355 g/mol. The molecule has 1 aromatic carbocycles. The Balaban J connectivity index is 2.20. The quantitative estimate of drug-likeness (QED) is 0.768. The van der Waals surface area contributed by atoms with Crippen LogP contribution in [-0.4, -0.2) is 48.6 Å². The van der Waals surface area contributed by atoms with Gasteiger partial charge in [0.05, 0.1) is 0 Å². The summed E-state index contributed by atoms with van der Waals surface area (Å²) in [5.41, 5.74) is 0.143. The maximum absolute atomic E-state index is 12.5. The molecule has 0 spiro atoms. The number of carbonyl (C=O) groups excluding carboxylic acids is 1. The molecule has 116 valence electrons. The predicted molar refractivity (Wildman–Crippen MR) is 73.2 cm³/mol. The Hall–Kier alpha value is -1.44. The number of ether oxygens (including phenoxy) is 2. The number of fused-ring (bicyclic) bond motifs is 1. The van der Waals surface area contributed by atoms with Crippen LogP contribution in [0, 0.1) is 0 Å². The first-order valence-corrected chi connectivity index (χ1v) is 7.34. The van der Waals surface area contributed by atoms with Crippen molar-refractivity contribution >= 4 is 21.8 Å². The summed E-state index contributed by atoms with van der Waals surface area (Å²) in [4.78, 5) is 13.0. The highest BCUT2D eigenvalue weighted by molar-refractivity contribution is 9.09. The van der Waals surface area contributed by atoms with Gasteiger partial charge in [-0.25, -0.2) is 0 Å². The van der Waals surface area contributed by atoms with Crippen LogP contribution in [0.25, 0.3) is 0 Å². The van der Waals surface area contributed by atoms with Crippen molar-refractivity contribution in [1.82, 2.24) is 4.90 Å². The maximum atomic E-state index is 12.5. The SMILES string of the molecule is O=C(c1ccc2c(c1)OCCO2)N(CCBr)CC(F)(F)F. The number of hydrogen-bond donors (Lipinski definition) is 0. The smallest absolute Gasteiger partial charge is 0.406 e. The molecular formula is C13H13BrF3NO3. The summed E-state index contributed by atoms with van der Waals surface area (Å²) in [6.45, 7) is -0.568. The van der Waals surface area contributed by atoms with Crippen molar-refractivity contribution in [3.8, 4) is 11.5 Å². The zero-order valence-electron chi connectivity index (χ0n) is 11.0. The van der Waals surface area contributed by atoms with Crippen molar-refractivity contribution in [1.29, 1.82) is 0 Å². The Kier molecular flexibility index (Phi) is 4.97. The summed E-state index contributed by atoms with van der Waals surface area (Å²) in [6.07, 6.45) is -4.44. The topological polar surface area (TPSA) is 38.8 Å². The lowest BCUT2D eigenvalue weighted by Crippen LogP contribution is -2.40. The number of alkyl halides is 4. The summed E-state index contributed by atoms with van der Waals surface area (Å²) >= 11 is 3.05. The molecule has 1 heterocycles. The number of hydrogen-bond acceptors (Lipinski definition) is 3. The molecule has 0 N–H and O–H groups in total. The van der Waals surface area contributed by atoms with Gasteiger partial charge in [-0.15, -0.1) is 0 Å². The van der Waals surface area contributed by atoms with Crippen LogP contribution in [0.15, 0.2) is 18.2 Å². The molecule has 0 saturated carbocycles. The van der Waals surface area contributed by atoms with Gasteiger partial charge >= 0.3 is 6.18 Å². The van der Waals surface area contributed by atoms with Crippen LogP contribution in [0.2, 0.25) is 0 Å². The molecule has 8 heteroatoms. The Morgan fingerprint density at radius 3 is 2.52 bits per heavy atom. The van der Waals surface area contributed by atoms with Crippen LogP contribution in [0.1, 0.15) is 10.4 Å². The summed E-state index contributed by atoms with van der Waals surface area (Å²) in [5, 5.41) is 0.263.